The van der Waals surface area contributed by atoms with E-state index in [4.69, 9.17) is 26.2 Å². The minimum atomic E-state index is -0.283. The van der Waals surface area contributed by atoms with Gasteiger partial charge in [-0.25, -0.2) is 0 Å². The number of aliphatic hydroxyl groups is 1. The van der Waals surface area contributed by atoms with Crippen LogP contribution in [-0.2, 0) is 9.47 Å². The van der Waals surface area contributed by atoms with Crippen LogP contribution in [0.5, 0.6) is 0 Å². The second-order valence-electron chi connectivity index (χ2n) is 6.98. The molecule has 2 fully saturated rings. The van der Waals surface area contributed by atoms with Gasteiger partial charge in [0.15, 0.2) is 0 Å². The van der Waals surface area contributed by atoms with Crippen LogP contribution in [-0.4, -0.2) is 60.5 Å². The third-order valence-electron chi connectivity index (χ3n) is 5.67. The van der Waals surface area contributed by atoms with E-state index in [1.54, 1.807) is 19.2 Å². The van der Waals surface area contributed by atoms with Gasteiger partial charge in [0.25, 0.3) is 5.91 Å². The maximum Gasteiger partial charge on any atom is 0.254 e. The highest BCUT2D eigenvalue weighted by molar-refractivity contribution is 6.30. The molecule has 1 aliphatic heterocycles. The van der Waals surface area contributed by atoms with Gasteiger partial charge in [-0.05, 0) is 56.4 Å². The van der Waals surface area contributed by atoms with Crippen LogP contribution in [0.25, 0.3) is 0 Å². The molecule has 0 bridgehead atoms. The number of carbonyl (C=O) groups is 1. The van der Waals surface area contributed by atoms with E-state index in [-0.39, 0.29) is 30.3 Å². The fourth-order valence-corrected chi connectivity index (χ4v) is 4.52. The number of rotatable bonds is 5. The van der Waals surface area contributed by atoms with Gasteiger partial charge in [0.05, 0.1) is 31.0 Å². The number of hydrogen-bond donors (Lipinski definition) is 1. The Morgan fingerprint density at radius 3 is 2.92 bits per heavy atom. The Morgan fingerprint density at radius 2 is 2.24 bits per heavy atom. The Bertz CT molecular complexity index is 638. The summed E-state index contributed by atoms with van der Waals surface area (Å²) in [5.41, 5.74) is 1.29. The van der Waals surface area contributed by atoms with Gasteiger partial charge in [-0.2, -0.15) is 0 Å². The van der Waals surface area contributed by atoms with Crippen LogP contribution < -0.4 is 0 Å². The molecule has 1 aromatic carbocycles. The molecule has 0 aromatic heterocycles. The molecule has 0 spiro atoms. The predicted molar refractivity (Wildman–Crippen MR) is 96.0 cm³/mol. The molecular formula is C19H26ClNO4. The first kappa shape index (κ1) is 18.6. The van der Waals surface area contributed by atoms with Gasteiger partial charge in [-0.3, -0.25) is 4.79 Å². The standard InChI is InChI=1S/C19H26ClNO4/c1-13-11-14(20)3-4-16(13)18(23)21-8-7-19(24-2)6-5-15(12-17(19)21)25-10-9-22/h3-4,11,15,17,22H,5-10,12H2,1-2H3/t15?,17?,19-/m1/s1. The average molecular weight is 368 g/mol. The van der Waals surface area contributed by atoms with Gasteiger partial charge >= 0.3 is 0 Å². The number of hydrogen-bond acceptors (Lipinski definition) is 4. The number of halogens is 1. The van der Waals surface area contributed by atoms with E-state index in [9.17, 15) is 4.79 Å². The molecule has 1 saturated heterocycles. The minimum Gasteiger partial charge on any atom is -0.394 e. The highest BCUT2D eigenvalue weighted by atomic mass is 35.5. The summed E-state index contributed by atoms with van der Waals surface area (Å²) >= 11 is 6.02. The Morgan fingerprint density at radius 1 is 1.44 bits per heavy atom. The molecule has 25 heavy (non-hydrogen) atoms. The van der Waals surface area contributed by atoms with Crippen molar-refractivity contribution in [1.29, 1.82) is 0 Å². The summed E-state index contributed by atoms with van der Waals surface area (Å²) in [6.07, 6.45) is 3.41. The zero-order valence-corrected chi connectivity index (χ0v) is 15.6. The second-order valence-corrected chi connectivity index (χ2v) is 7.42. The van der Waals surface area contributed by atoms with E-state index in [0.717, 1.165) is 31.2 Å². The van der Waals surface area contributed by atoms with E-state index in [1.165, 1.54) is 0 Å². The van der Waals surface area contributed by atoms with Crippen LogP contribution in [0, 0.1) is 6.92 Å². The molecule has 5 nitrogen and oxygen atoms in total. The number of aryl methyl sites for hydroxylation is 1. The molecule has 1 heterocycles. The number of likely N-dealkylation sites (tertiary alicyclic amines) is 1. The lowest BCUT2D eigenvalue weighted by Gasteiger charge is -2.43. The summed E-state index contributed by atoms with van der Waals surface area (Å²) in [5, 5.41) is 9.63. The Labute approximate surface area is 153 Å². The summed E-state index contributed by atoms with van der Waals surface area (Å²) in [7, 11) is 1.74. The van der Waals surface area contributed by atoms with E-state index in [1.807, 2.05) is 17.9 Å². The number of methoxy groups -OCH3 is 1. The summed E-state index contributed by atoms with van der Waals surface area (Å²) in [6.45, 7) is 2.95. The van der Waals surface area contributed by atoms with Crippen LogP contribution in [0.4, 0.5) is 0 Å². The Kier molecular flexibility index (Phi) is 5.68. The molecule has 1 N–H and O–H groups in total. The molecular weight excluding hydrogens is 342 g/mol. The lowest BCUT2D eigenvalue weighted by Crippen LogP contribution is -2.53. The average Bonchev–Trinajstić information content (AvgIpc) is 2.98. The van der Waals surface area contributed by atoms with Crippen molar-refractivity contribution in [2.45, 2.75) is 50.4 Å². The summed E-state index contributed by atoms with van der Waals surface area (Å²) in [5.74, 6) is 0.0286. The van der Waals surface area contributed by atoms with Crippen molar-refractivity contribution >= 4 is 17.5 Å². The maximum absolute atomic E-state index is 13.2. The quantitative estimate of drug-likeness (QED) is 0.869. The van der Waals surface area contributed by atoms with E-state index >= 15 is 0 Å². The van der Waals surface area contributed by atoms with Crippen molar-refractivity contribution in [2.24, 2.45) is 0 Å². The molecule has 1 saturated carbocycles. The first-order valence-corrected chi connectivity index (χ1v) is 9.23. The number of fused-ring (bicyclic) bond motifs is 1. The molecule has 6 heteroatoms. The SMILES string of the molecule is CO[C@@]12CCC(OCCO)CC1N(C(=O)c1ccc(Cl)cc1C)CC2. The monoisotopic (exact) mass is 367 g/mol. The van der Waals surface area contributed by atoms with Crippen LogP contribution in [0.15, 0.2) is 18.2 Å². The number of benzene rings is 1. The van der Waals surface area contributed by atoms with Gasteiger partial charge in [-0.15, -0.1) is 0 Å². The lowest BCUT2D eigenvalue weighted by atomic mass is 9.79. The van der Waals surface area contributed by atoms with Crippen LogP contribution >= 0.6 is 11.6 Å². The van der Waals surface area contributed by atoms with Crippen molar-refractivity contribution in [3.8, 4) is 0 Å². The smallest absolute Gasteiger partial charge is 0.254 e. The van der Waals surface area contributed by atoms with Crippen LogP contribution in [0.3, 0.4) is 0 Å². The topological polar surface area (TPSA) is 59.0 Å². The van der Waals surface area contributed by atoms with Crippen LogP contribution in [0.2, 0.25) is 5.02 Å². The highest BCUT2D eigenvalue weighted by Gasteiger charge is 2.52. The van der Waals surface area contributed by atoms with Gasteiger partial charge in [-0.1, -0.05) is 11.6 Å². The van der Waals surface area contributed by atoms with Gasteiger partial charge < -0.3 is 19.5 Å². The number of amides is 1. The number of carbonyl (C=O) groups excluding carboxylic acids is 1. The van der Waals surface area contributed by atoms with Crippen molar-refractivity contribution in [2.75, 3.05) is 26.9 Å². The molecule has 1 aliphatic carbocycles. The molecule has 1 amide bonds. The largest absolute Gasteiger partial charge is 0.394 e. The van der Waals surface area contributed by atoms with Crippen molar-refractivity contribution in [3.63, 3.8) is 0 Å². The van der Waals surface area contributed by atoms with Gasteiger partial charge in [0.2, 0.25) is 0 Å². The van der Waals surface area contributed by atoms with Gasteiger partial charge in [0, 0.05) is 24.2 Å². The lowest BCUT2D eigenvalue weighted by molar-refractivity contribution is -0.0992. The number of ether oxygens (including phenoxy) is 2. The van der Waals surface area contributed by atoms with Gasteiger partial charge in [0.1, 0.15) is 0 Å². The van der Waals surface area contributed by atoms with Crippen molar-refractivity contribution < 1.29 is 19.4 Å². The molecule has 0 radical (unpaired) electrons. The molecule has 2 unspecified atom stereocenters. The highest BCUT2D eigenvalue weighted by Crippen LogP contribution is 2.43. The zero-order chi connectivity index (χ0) is 18.0. The number of nitrogens with zero attached hydrogens (tertiary/aromatic N) is 1. The third kappa shape index (κ3) is 3.56. The molecule has 3 atom stereocenters. The van der Waals surface area contributed by atoms with E-state index in [0.29, 0.717) is 23.7 Å². The first-order chi connectivity index (χ1) is 12.0. The van der Waals surface area contributed by atoms with Crippen molar-refractivity contribution in [1.82, 2.24) is 4.90 Å². The molecule has 1 aromatic rings. The third-order valence-corrected chi connectivity index (χ3v) is 5.90. The second kappa shape index (κ2) is 7.62. The van der Waals surface area contributed by atoms with Crippen molar-refractivity contribution in [3.05, 3.63) is 34.3 Å². The fourth-order valence-electron chi connectivity index (χ4n) is 4.30. The fraction of sp³-hybridized carbons (Fsp3) is 0.632. The normalized spacial score (nSPS) is 28.9. The molecule has 2 aliphatic rings. The Hall–Kier alpha value is -1.14. The molecule has 138 valence electrons. The maximum atomic E-state index is 13.2. The summed E-state index contributed by atoms with van der Waals surface area (Å²) in [6, 6.07) is 5.38. The minimum absolute atomic E-state index is 0.00230. The first-order valence-electron chi connectivity index (χ1n) is 8.85. The summed E-state index contributed by atoms with van der Waals surface area (Å²) in [4.78, 5) is 15.1. The predicted octanol–water partition coefficient (Wildman–Crippen LogP) is 2.81. The molecule has 3 rings (SSSR count). The number of aliphatic hydroxyl groups excluding tert-OH is 1. The van der Waals surface area contributed by atoms with E-state index in [2.05, 4.69) is 0 Å². The zero-order valence-electron chi connectivity index (χ0n) is 14.8. The van der Waals surface area contributed by atoms with Crippen LogP contribution in [0.1, 0.15) is 41.6 Å². The Balaban J connectivity index is 1.82. The van der Waals surface area contributed by atoms with E-state index < -0.39 is 0 Å². The summed E-state index contributed by atoms with van der Waals surface area (Å²) < 4.78 is 11.6.